The number of amides is 2. The number of carbonyl (C=O) groups is 2. The van der Waals surface area contributed by atoms with E-state index in [1.165, 1.54) is 36.3 Å². The predicted molar refractivity (Wildman–Crippen MR) is 137 cm³/mol. The van der Waals surface area contributed by atoms with Gasteiger partial charge >= 0.3 is 0 Å². The quantitative estimate of drug-likeness (QED) is 0.338. The van der Waals surface area contributed by atoms with Gasteiger partial charge in [-0.2, -0.15) is 0 Å². The number of nitrogens with two attached hydrogens (primary N) is 1. The molecule has 0 aliphatic heterocycles. The Labute approximate surface area is 217 Å². The number of hydrogen-bond acceptors (Lipinski definition) is 7. The van der Waals surface area contributed by atoms with E-state index >= 15 is 0 Å². The molecule has 38 heavy (non-hydrogen) atoms. The number of carbonyl (C=O) groups excluding carboxylic acids is 2. The van der Waals surface area contributed by atoms with Crippen LogP contribution >= 0.6 is 0 Å². The summed E-state index contributed by atoms with van der Waals surface area (Å²) in [6.07, 6.45) is 0.342. The second-order valence-corrected chi connectivity index (χ2v) is 8.80. The zero-order chi connectivity index (χ0) is 27.0. The van der Waals surface area contributed by atoms with Crippen molar-refractivity contribution in [3.63, 3.8) is 0 Å². The maximum absolute atomic E-state index is 13.6. The Hall–Kier alpha value is -4.70. The van der Waals surface area contributed by atoms with Gasteiger partial charge in [0.25, 0.3) is 0 Å². The predicted octanol–water partition coefficient (Wildman–Crippen LogP) is 4.08. The van der Waals surface area contributed by atoms with E-state index in [1.807, 2.05) is 0 Å². The number of methoxy groups -OCH3 is 2. The van der Waals surface area contributed by atoms with Gasteiger partial charge in [-0.3, -0.25) is 19.5 Å². The van der Waals surface area contributed by atoms with Gasteiger partial charge in [-0.15, -0.1) is 0 Å². The fourth-order valence-corrected chi connectivity index (χ4v) is 4.35. The lowest BCUT2D eigenvalue weighted by atomic mass is 10.0. The molecule has 2 atom stereocenters. The Morgan fingerprint density at radius 2 is 1.55 bits per heavy atom. The van der Waals surface area contributed by atoms with Crippen molar-refractivity contribution in [1.82, 2.24) is 4.98 Å². The van der Waals surface area contributed by atoms with Crippen LogP contribution in [0.15, 0.2) is 72.9 Å². The average molecular weight is 518 g/mol. The molecule has 1 aliphatic rings. The summed E-state index contributed by atoms with van der Waals surface area (Å²) in [4.78, 5) is 31.2. The van der Waals surface area contributed by atoms with Crippen molar-refractivity contribution >= 4 is 34.1 Å². The first-order valence-electron chi connectivity index (χ1n) is 11.6. The topological polar surface area (TPSA) is 124 Å². The van der Waals surface area contributed by atoms with Crippen molar-refractivity contribution in [3.8, 4) is 23.0 Å². The SMILES string of the molecule is COc1cc2nccc(Oc3ccc(N(C(=O)C4(C(N)=O)CC4O)c4ccc(F)cc4)cc3)c2cc1OC. The fourth-order valence-electron chi connectivity index (χ4n) is 4.35. The van der Waals surface area contributed by atoms with Crippen molar-refractivity contribution in [2.75, 3.05) is 19.1 Å². The molecule has 3 aromatic carbocycles. The van der Waals surface area contributed by atoms with Crippen LogP contribution in [0.4, 0.5) is 15.8 Å². The third-order valence-corrected chi connectivity index (χ3v) is 6.56. The molecule has 9 nitrogen and oxygen atoms in total. The third kappa shape index (κ3) is 4.24. The highest BCUT2D eigenvalue weighted by atomic mass is 19.1. The monoisotopic (exact) mass is 517 g/mol. The molecule has 1 fully saturated rings. The normalized spacial score (nSPS) is 18.1. The summed E-state index contributed by atoms with van der Waals surface area (Å²) < 4.78 is 30.5. The summed E-state index contributed by atoms with van der Waals surface area (Å²) in [6, 6.07) is 17.0. The summed E-state index contributed by atoms with van der Waals surface area (Å²) in [5, 5.41) is 10.8. The Bertz CT molecular complexity index is 1530. The van der Waals surface area contributed by atoms with Crippen molar-refractivity contribution in [3.05, 3.63) is 78.7 Å². The highest BCUT2D eigenvalue weighted by molar-refractivity contribution is 6.17. The largest absolute Gasteiger partial charge is 0.493 e. The maximum Gasteiger partial charge on any atom is 0.250 e. The molecule has 0 spiro atoms. The number of hydrogen-bond donors (Lipinski definition) is 2. The molecule has 1 aliphatic carbocycles. The molecule has 3 N–H and O–H groups in total. The number of aliphatic hydroxyl groups excluding tert-OH is 1. The van der Waals surface area contributed by atoms with E-state index in [2.05, 4.69) is 4.98 Å². The molecule has 0 bridgehead atoms. The number of aliphatic hydroxyl groups is 1. The molecular formula is C28H24FN3O6. The Balaban J connectivity index is 1.49. The highest BCUT2D eigenvalue weighted by Gasteiger charge is 2.66. The van der Waals surface area contributed by atoms with E-state index in [0.717, 1.165) is 0 Å². The molecule has 194 valence electrons. The standard InChI is InChI=1S/C28H24FN3O6/c1-36-23-13-20-21(14-24(23)37-2)31-12-11-22(20)38-19-9-7-18(8-10-19)32(17-5-3-16(29)4-6-17)27(35)28(26(30)34)15-25(28)33/h3-14,25,33H,15H2,1-2H3,(H2,30,34). The van der Waals surface area contributed by atoms with Crippen LogP contribution < -0.4 is 24.8 Å². The molecule has 0 saturated heterocycles. The number of primary amides is 1. The summed E-state index contributed by atoms with van der Waals surface area (Å²) >= 11 is 0. The van der Waals surface area contributed by atoms with Crippen LogP contribution in [0, 0.1) is 11.2 Å². The third-order valence-electron chi connectivity index (χ3n) is 6.56. The molecular weight excluding hydrogens is 493 g/mol. The first-order valence-corrected chi connectivity index (χ1v) is 11.6. The van der Waals surface area contributed by atoms with Crippen molar-refractivity contribution < 1.29 is 33.3 Å². The number of fused-ring (bicyclic) bond motifs is 1. The van der Waals surface area contributed by atoms with Crippen LogP contribution in [0.25, 0.3) is 10.9 Å². The lowest BCUT2D eigenvalue weighted by molar-refractivity contribution is -0.134. The molecule has 2 unspecified atom stereocenters. The lowest BCUT2D eigenvalue weighted by Gasteiger charge is -2.27. The van der Waals surface area contributed by atoms with Crippen molar-refractivity contribution in [1.29, 1.82) is 0 Å². The van der Waals surface area contributed by atoms with Gasteiger partial charge in [-0.1, -0.05) is 0 Å². The van der Waals surface area contributed by atoms with Gasteiger partial charge in [-0.25, -0.2) is 4.39 Å². The van der Waals surface area contributed by atoms with Crippen LogP contribution in [-0.4, -0.2) is 42.2 Å². The summed E-state index contributed by atoms with van der Waals surface area (Å²) in [5.41, 5.74) is 5.08. The summed E-state index contributed by atoms with van der Waals surface area (Å²) in [7, 11) is 3.08. The van der Waals surface area contributed by atoms with Gasteiger partial charge in [0.15, 0.2) is 16.9 Å². The minimum absolute atomic E-state index is 0.0799. The van der Waals surface area contributed by atoms with Crippen LogP contribution in [0.5, 0.6) is 23.0 Å². The van der Waals surface area contributed by atoms with E-state index in [0.29, 0.717) is 45.3 Å². The number of ether oxygens (including phenoxy) is 3. The number of pyridine rings is 1. The zero-order valence-electron chi connectivity index (χ0n) is 20.6. The molecule has 2 amide bonds. The van der Waals surface area contributed by atoms with Crippen LogP contribution in [0.1, 0.15) is 6.42 Å². The summed E-state index contributed by atoms with van der Waals surface area (Å²) in [6.45, 7) is 0. The van der Waals surface area contributed by atoms with Crippen LogP contribution in [0.3, 0.4) is 0 Å². The minimum Gasteiger partial charge on any atom is -0.493 e. The fraction of sp³-hybridized carbons (Fsp3) is 0.179. The maximum atomic E-state index is 13.6. The Morgan fingerprint density at radius 1 is 0.974 bits per heavy atom. The molecule has 4 aromatic rings. The van der Waals surface area contributed by atoms with E-state index in [1.54, 1.807) is 55.8 Å². The van der Waals surface area contributed by atoms with Crippen molar-refractivity contribution in [2.45, 2.75) is 12.5 Å². The molecule has 0 radical (unpaired) electrons. The van der Waals surface area contributed by atoms with Crippen molar-refractivity contribution in [2.24, 2.45) is 11.1 Å². The van der Waals surface area contributed by atoms with E-state index in [4.69, 9.17) is 19.9 Å². The van der Waals surface area contributed by atoms with Crippen LogP contribution in [-0.2, 0) is 9.59 Å². The molecule has 10 heteroatoms. The minimum atomic E-state index is -1.74. The molecule has 1 heterocycles. The Kier molecular flexibility index (Phi) is 6.33. The first-order chi connectivity index (χ1) is 18.3. The Morgan fingerprint density at radius 3 is 2.11 bits per heavy atom. The number of halogens is 1. The van der Waals surface area contributed by atoms with E-state index < -0.39 is 29.2 Å². The molecule has 1 saturated carbocycles. The highest BCUT2D eigenvalue weighted by Crippen LogP contribution is 2.49. The van der Waals surface area contributed by atoms with Gasteiger partial charge < -0.3 is 25.1 Å². The van der Waals surface area contributed by atoms with Gasteiger partial charge in [0.1, 0.15) is 17.3 Å². The van der Waals surface area contributed by atoms with Gasteiger partial charge in [0.2, 0.25) is 11.8 Å². The molecule has 1 aromatic heterocycles. The van der Waals surface area contributed by atoms with Gasteiger partial charge in [0.05, 0.1) is 25.8 Å². The van der Waals surface area contributed by atoms with Crippen LogP contribution in [0.2, 0.25) is 0 Å². The smallest absolute Gasteiger partial charge is 0.250 e. The van der Waals surface area contributed by atoms with Gasteiger partial charge in [-0.05, 0) is 60.7 Å². The van der Waals surface area contributed by atoms with Gasteiger partial charge in [0, 0.05) is 35.4 Å². The second-order valence-electron chi connectivity index (χ2n) is 8.80. The average Bonchev–Trinajstić information content (AvgIpc) is 3.62. The zero-order valence-corrected chi connectivity index (χ0v) is 20.6. The number of benzene rings is 3. The number of rotatable bonds is 8. The number of anilines is 2. The van der Waals surface area contributed by atoms with E-state index in [-0.39, 0.29) is 6.42 Å². The molecule has 5 rings (SSSR count). The second kappa shape index (κ2) is 9.64. The van der Waals surface area contributed by atoms with E-state index in [9.17, 15) is 19.1 Å². The summed E-state index contributed by atoms with van der Waals surface area (Å²) in [5.74, 6) is -0.0682. The first kappa shape index (κ1) is 25.0. The number of aromatic nitrogens is 1. The number of nitrogens with zero attached hydrogens (tertiary/aromatic N) is 2. The lowest BCUT2D eigenvalue weighted by Crippen LogP contribution is -2.43.